The first-order valence-electron chi connectivity index (χ1n) is 8.50. The molecule has 142 valence electrons. The van der Waals surface area contributed by atoms with Gasteiger partial charge in [0.05, 0.1) is 23.9 Å². The van der Waals surface area contributed by atoms with Crippen molar-refractivity contribution in [2.75, 3.05) is 29.1 Å². The number of rotatable bonds is 6. The molecule has 28 heavy (non-hydrogen) atoms. The van der Waals surface area contributed by atoms with Crippen LogP contribution in [0.4, 0.5) is 11.4 Å². The molecule has 1 N–H and O–H groups in total. The second-order valence-corrected chi connectivity index (χ2v) is 6.99. The molecule has 1 heterocycles. The number of fused-ring (bicyclic) bond motifs is 1. The SMILES string of the molecule is N#CCc1ccc(NC(=O)COC(=O)CN2C(=O)CSc3ccccc32)cc1. The van der Waals surface area contributed by atoms with Gasteiger partial charge in [-0.1, -0.05) is 24.3 Å². The zero-order chi connectivity index (χ0) is 19.9. The Morgan fingerprint density at radius 2 is 1.93 bits per heavy atom. The first-order chi connectivity index (χ1) is 13.6. The molecule has 1 aliphatic rings. The molecule has 0 aromatic heterocycles. The van der Waals surface area contributed by atoms with Gasteiger partial charge in [0.1, 0.15) is 6.54 Å². The summed E-state index contributed by atoms with van der Waals surface area (Å²) in [7, 11) is 0. The van der Waals surface area contributed by atoms with E-state index in [-0.39, 0.29) is 18.2 Å². The summed E-state index contributed by atoms with van der Waals surface area (Å²) in [5.41, 5.74) is 2.05. The van der Waals surface area contributed by atoms with Crippen LogP contribution in [0.2, 0.25) is 0 Å². The maximum absolute atomic E-state index is 12.1. The first kappa shape index (κ1) is 19.5. The smallest absolute Gasteiger partial charge is 0.326 e. The van der Waals surface area contributed by atoms with Crippen LogP contribution >= 0.6 is 11.8 Å². The van der Waals surface area contributed by atoms with E-state index < -0.39 is 18.5 Å². The molecule has 0 fully saturated rings. The van der Waals surface area contributed by atoms with Crippen molar-refractivity contribution in [2.24, 2.45) is 0 Å². The number of nitrogens with one attached hydrogen (secondary N) is 1. The molecule has 0 radical (unpaired) electrons. The predicted octanol–water partition coefficient (Wildman–Crippen LogP) is 2.37. The molecule has 8 heteroatoms. The fourth-order valence-electron chi connectivity index (χ4n) is 2.64. The number of carbonyl (C=O) groups excluding carboxylic acids is 3. The highest BCUT2D eigenvalue weighted by atomic mass is 32.2. The maximum Gasteiger partial charge on any atom is 0.326 e. The van der Waals surface area contributed by atoms with Gasteiger partial charge in [-0.25, -0.2) is 0 Å². The van der Waals surface area contributed by atoms with E-state index in [1.54, 1.807) is 36.4 Å². The average molecular weight is 395 g/mol. The van der Waals surface area contributed by atoms with E-state index in [4.69, 9.17) is 10.00 Å². The van der Waals surface area contributed by atoms with Gasteiger partial charge in [-0.3, -0.25) is 19.3 Å². The Kier molecular flexibility index (Phi) is 6.29. The number of esters is 1. The molecule has 2 aromatic carbocycles. The number of nitriles is 1. The lowest BCUT2D eigenvalue weighted by molar-refractivity contribution is -0.146. The Bertz CT molecular complexity index is 937. The van der Waals surface area contributed by atoms with Crippen LogP contribution in [0.15, 0.2) is 53.4 Å². The quantitative estimate of drug-likeness (QED) is 0.754. The fraction of sp³-hybridized carbons (Fsp3) is 0.200. The third kappa shape index (κ3) is 4.90. The Hall–Kier alpha value is -3.31. The summed E-state index contributed by atoms with van der Waals surface area (Å²) in [5.74, 6) is -1.06. The monoisotopic (exact) mass is 395 g/mol. The number of nitrogens with zero attached hydrogens (tertiary/aromatic N) is 2. The average Bonchev–Trinajstić information content (AvgIpc) is 2.70. The van der Waals surface area contributed by atoms with Crippen molar-refractivity contribution >= 4 is 40.9 Å². The van der Waals surface area contributed by atoms with Crippen molar-refractivity contribution in [3.05, 3.63) is 54.1 Å². The van der Waals surface area contributed by atoms with E-state index in [1.165, 1.54) is 16.7 Å². The van der Waals surface area contributed by atoms with Crippen LogP contribution in [0.3, 0.4) is 0 Å². The third-order valence-electron chi connectivity index (χ3n) is 3.98. The molecule has 2 aromatic rings. The van der Waals surface area contributed by atoms with Gasteiger partial charge >= 0.3 is 5.97 Å². The first-order valence-corrected chi connectivity index (χ1v) is 9.49. The van der Waals surface area contributed by atoms with E-state index in [2.05, 4.69) is 5.32 Å². The molecular formula is C20H17N3O4S. The van der Waals surface area contributed by atoms with E-state index in [9.17, 15) is 14.4 Å². The summed E-state index contributed by atoms with van der Waals surface area (Å²) >= 11 is 1.43. The summed E-state index contributed by atoms with van der Waals surface area (Å²) in [6.07, 6.45) is 0.294. The second-order valence-electron chi connectivity index (χ2n) is 5.98. The van der Waals surface area contributed by atoms with Crippen LogP contribution in [0.5, 0.6) is 0 Å². The van der Waals surface area contributed by atoms with Crippen LogP contribution < -0.4 is 10.2 Å². The molecule has 0 unspecified atom stereocenters. The van der Waals surface area contributed by atoms with Gasteiger partial charge in [0.2, 0.25) is 5.91 Å². The molecule has 0 saturated carbocycles. The highest BCUT2D eigenvalue weighted by Crippen LogP contribution is 2.34. The number of para-hydroxylation sites is 1. The van der Waals surface area contributed by atoms with Crippen LogP contribution in [0.1, 0.15) is 5.56 Å². The standard InChI is InChI=1S/C20H17N3O4S/c21-10-9-14-5-7-15(8-6-14)22-18(24)12-27-20(26)11-23-16-3-1-2-4-17(16)28-13-19(23)25/h1-8H,9,11-13H2,(H,22,24). The zero-order valence-corrected chi connectivity index (χ0v) is 15.7. The van der Waals surface area contributed by atoms with Crippen molar-refractivity contribution < 1.29 is 19.1 Å². The molecule has 2 amide bonds. The van der Waals surface area contributed by atoms with Gasteiger partial charge in [-0.15, -0.1) is 11.8 Å². The fourth-order valence-corrected chi connectivity index (χ4v) is 3.58. The van der Waals surface area contributed by atoms with Crippen molar-refractivity contribution in [1.82, 2.24) is 0 Å². The number of hydrogen-bond donors (Lipinski definition) is 1. The van der Waals surface area contributed by atoms with Crippen LogP contribution in [0, 0.1) is 11.3 Å². The Morgan fingerprint density at radius 1 is 1.18 bits per heavy atom. The predicted molar refractivity (Wildman–Crippen MR) is 105 cm³/mol. The van der Waals surface area contributed by atoms with Gasteiger partial charge in [-0.05, 0) is 29.8 Å². The topological polar surface area (TPSA) is 99.5 Å². The number of amides is 2. The van der Waals surface area contributed by atoms with Gasteiger partial charge in [-0.2, -0.15) is 5.26 Å². The molecule has 0 atom stereocenters. The molecule has 0 bridgehead atoms. The third-order valence-corrected chi connectivity index (χ3v) is 5.03. The molecule has 1 aliphatic heterocycles. The van der Waals surface area contributed by atoms with Gasteiger partial charge < -0.3 is 10.1 Å². The lowest BCUT2D eigenvalue weighted by Gasteiger charge is -2.27. The van der Waals surface area contributed by atoms with E-state index in [1.807, 2.05) is 18.2 Å². The zero-order valence-electron chi connectivity index (χ0n) is 14.9. The molecule has 0 saturated heterocycles. The van der Waals surface area contributed by atoms with Crippen molar-refractivity contribution in [1.29, 1.82) is 5.26 Å². The van der Waals surface area contributed by atoms with Gasteiger partial charge in [0.25, 0.3) is 5.91 Å². The number of anilines is 2. The number of thioether (sulfide) groups is 1. The number of benzene rings is 2. The lowest BCUT2D eigenvalue weighted by Crippen LogP contribution is -2.40. The van der Waals surface area contributed by atoms with Crippen molar-refractivity contribution in [3.63, 3.8) is 0 Å². The molecule has 0 spiro atoms. The Morgan fingerprint density at radius 3 is 2.68 bits per heavy atom. The van der Waals surface area contributed by atoms with E-state index in [0.717, 1.165) is 10.5 Å². The number of hydrogen-bond acceptors (Lipinski definition) is 6. The Labute approximate surface area is 166 Å². The summed E-state index contributed by atoms with van der Waals surface area (Å²) < 4.78 is 5.01. The Balaban J connectivity index is 1.51. The summed E-state index contributed by atoms with van der Waals surface area (Å²) in [6.45, 7) is -0.691. The molecule has 7 nitrogen and oxygen atoms in total. The van der Waals surface area contributed by atoms with Crippen molar-refractivity contribution in [2.45, 2.75) is 11.3 Å². The maximum atomic E-state index is 12.1. The lowest BCUT2D eigenvalue weighted by atomic mass is 10.1. The van der Waals surface area contributed by atoms with Gasteiger partial charge in [0, 0.05) is 10.6 Å². The van der Waals surface area contributed by atoms with Crippen molar-refractivity contribution in [3.8, 4) is 6.07 Å². The van der Waals surface area contributed by atoms with Crippen LogP contribution in [-0.4, -0.2) is 36.7 Å². The minimum absolute atomic E-state index is 0.178. The number of carbonyl (C=O) groups is 3. The molecular weight excluding hydrogens is 378 g/mol. The summed E-state index contributed by atoms with van der Waals surface area (Å²) in [5, 5.41) is 11.3. The minimum Gasteiger partial charge on any atom is -0.454 e. The van der Waals surface area contributed by atoms with E-state index >= 15 is 0 Å². The van der Waals surface area contributed by atoms with Gasteiger partial charge in [0.15, 0.2) is 6.61 Å². The normalized spacial score (nSPS) is 12.7. The largest absolute Gasteiger partial charge is 0.454 e. The van der Waals surface area contributed by atoms with Crippen LogP contribution in [-0.2, 0) is 25.5 Å². The highest BCUT2D eigenvalue weighted by molar-refractivity contribution is 8.00. The van der Waals surface area contributed by atoms with E-state index in [0.29, 0.717) is 17.8 Å². The minimum atomic E-state index is -0.658. The molecule has 0 aliphatic carbocycles. The van der Waals surface area contributed by atoms with Crippen LogP contribution in [0.25, 0.3) is 0 Å². The highest BCUT2D eigenvalue weighted by Gasteiger charge is 2.26. The number of ether oxygens (including phenoxy) is 1. The summed E-state index contributed by atoms with van der Waals surface area (Å²) in [4.78, 5) is 38.5. The molecule has 3 rings (SSSR count). The second kappa shape index (κ2) is 9.06. The summed E-state index contributed by atoms with van der Waals surface area (Å²) in [6, 6.07) is 16.2.